The van der Waals surface area contributed by atoms with Crippen LogP contribution in [0.15, 0.2) is 12.1 Å². The van der Waals surface area contributed by atoms with Gasteiger partial charge in [0, 0.05) is 0 Å². The normalized spacial score (nSPS) is 9.56. The lowest BCUT2D eigenvalue weighted by Gasteiger charge is -1.94. The third-order valence-electron chi connectivity index (χ3n) is 0.839. The van der Waals surface area contributed by atoms with E-state index in [1.54, 1.807) is 12.1 Å². The Hall–Kier alpha value is -0.0300. The Morgan fingerprint density at radius 1 is 1.56 bits per heavy atom. The first-order chi connectivity index (χ1) is 4.20. The van der Waals surface area contributed by atoms with Crippen molar-refractivity contribution in [3.05, 3.63) is 20.9 Å². The summed E-state index contributed by atoms with van der Waals surface area (Å²) in [6.07, 6.45) is 0. The van der Waals surface area contributed by atoms with Crippen LogP contribution in [0.2, 0.25) is 5.02 Å². The van der Waals surface area contributed by atoms with E-state index in [2.05, 4.69) is 27.6 Å². The number of halogens is 2. The topological polar surface area (TPSA) is 38.9 Å². The van der Waals surface area contributed by atoms with Gasteiger partial charge in [0.1, 0.15) is 9.52 Å². The lowest BCUT2D eigenvalue weighted by Crippen LogP contribution is -1.91. The number of rotatable bonds is 0. The second kappa shape index (κ2) is 2.70. The number of hydrogen-bond donors (Lipinski definition) is 1. The summed E-state index contributed by atoms with van der Waals surface area (Å²) in [5, 5.41) is 0.510. The zero-order valence-corrected chi connectivity index (χ0v) is 7.35. The lowest BCUT2D eigenvalue weighted by atomic mass is 10.5. The van der Waals surface area contributed by atoms with Crippen LogP contribution in [0.5, 0.6) is 0 Å². The Balaban J connectivity index is 3.17. The van der Waals surface area contributed by atoms with E-state index in [-0.39, 0.29) is 0 Å². The fraction of sp³-hybridized carbons (Fsp3) is 0. The van der Waals surface area contributed by atoms with E-state index in [4.69, 9.17) is 17.3 Å². The molecule has 0 amide bonds. The van der Waals surface area contributed by atoms with Gasteiger partial charge in [-0.3, -0.25) is 0 Å². The van der Waals surface area contributed by atoms with Crippen molar-refractivity contribution in [3.8, 4) is 0 Å². The van der Waals surface area contributed by atoms with Crippen molar-refractivity contribution < 1.29 is 0 Å². The molecule has 0 spiro atoms. The van der Waals surface area contributed by atoms with Crippen molar-refractivity contribution >= 4 is 40.0 Å². The molecule has 2 nitrogen and oxygen atoms in total. The molecule has 0 saturated heterocycles. The first kappa shape index (κ1) is 7.08. The maximum absolute atomic E-state index is 5.59. The summed E-state index contributed by atoms with van der Waals surface area (Å²) in [5.74, 6) is 0.392. The van der Waals surface area contributed by atoms with E-state index >= 15 is 0 Å². The predicted octanol–water partition coefficient (Wildman–Crippen LogP) is 1.92. The van der Waals surface area contributed by atoms with Gasteiger partial charge >= 0.3 is 0 Å². The fourth-order valence-electron chi connectivity index (χ4n) is 0.433. The summed E-state index contributed by atoms with van der Waals surface area (Å²) in [5.41, 5.74) is 5.37. The molecule has 1 heterocycles. The number of hydrogen-bond acceptors (Lipinski definition) is 2. The van der Waals surface area contributed by atoms with Gasteiger partial charge in [0.2, 0.25) is 0 Å². The molecule has 9 heavy (non-hydrogen) atoms. The SMILES string of the molecule is Nc1nc(I)ccc1Cl. The molecular weight excluding hydrogens is 250 g/mol. The molecule has 0 aliphatic rings. The van der Waals surface area contributed by atoms with E-state index in [0.29, 0.717) is 10.8 Å². The highest BCUT2D eigenvalue weighted by Gasteiger charge is 1.94. The molecule has 0 unspecified atom stereocenters. The second-order valence-corrected chi connectivity index (χ2v) is 3.01. The van der Waals surface area contributed by atoms with Gasteiger partial charge in [-0.2, -0.15) is 0 Å². The highest BCUT2D eigenvalue weighted by Crippen LogP contribution is 2.15. The van der Waals surface area contributed by atoms with Crippen LogP contribution in [0.25, 0.3) is 0 Å². The first-order valence-corrected chi connectivity index (χ1v) is 3.73. The van der Waals surface area contributed by atoms with Gasteiger partial charge in [0.25, 0.3) is 0 Å². The minimum atomic E-state index is 0.392. The molecule has 1 rings (SSSR count). The molecule has 48 valence electrons. The van der Waals surface area contributed by atoms with E-state index in [1.807, 2.05) is 0 Å². The number of aromatic nitrogens is 1. The van der Waals surface area contributed by atoms with Gasteiger partial charge < -0.3 is 5.73 Å². The van der Waals surface area contributed by atoms with Gasteiger partial charge in [0.15, 0.2) is 0 Å². The average molecular weight is 254 g/mol. The highest BCUT2D eigenvalue weighted by atomic mass is 127. The molecule has 1 aromatic rings. The maximum Gasteiger partial charge on any atom is 0.143 e. The summed E-state index contributed by atoms with van der Waals surface area (Å²) in [4.78, 5) is 3.91. The van der Waals surface area contributed by atoms with Gasteiger partial charge in [0.05, 0.1) is 5.02 Å². The smallest absolute Gasteiger partial charge is 0.143 e. The standard InChI is InChI=1S/C5H4ClIN2/c6-3-1-2-4(7)9-5(3)8/h1-2H,(H2,8,9). The molecule has 4 heteroatoms. The molecule has 0 radical (unpaired) electrons. The highest BCUT2D eigenvalue weighted by molar-refractivity contribution is 14.1. The summed E-state index contributed by atoms with van der Waals surface area (Å²) < 4.78 is 0.856. The monoisotopic (exact) mass is 254 g/mol. The Morgan fingerprint density at radius 3 is 2.67 bits per heavy atom. The Labute approximate surface area is 71.6 Å². The maximum atomic E-state index is 5.59. The Morgan fingerprint density at radius 2 is 2.22 bits per heavy atom. The van der Waals surface area contributed by atoms with Gasteiger partial charge in [-0.05, 0) is 34.7 Å². The van der Waals surface area contributed by atoms with E-state index in [0.717, 1.165) is 3.70 Å². The minimum Gasteiger partial charge on any atom is -0.382 e. The summed E-state index contributed by atoms with van der Waals surface area (Å²) in [7, 11) is 0. The summed E-state index contributed by atoms with van der Waals surface area (Å²) >= 11 is 7.66. The van der Waals surface area contributed by atoms with Crippen molar-refractivity contribution in [3.63, 3.8) is 0 Å². The fourth-order valence-corrected chi connectivity index (χ4v) is 0.978. The van der Waals surface area contributed by atoms with Crippen molar-refractivity contribution in [2.75, 3.05) is 5.73 Å². The largest absolute Gasteiger partial charge is 0.382 e. The predicted molar refractivity (Wildman–Crippen MR) is 46.4 cm³/mol. The van der Waals surface area contributed by atoms with Crippen LogP contribution in [-0.2, 0) is 0 Å². The van der Waals surface area contributed by atoms with Crippen molar-refractivity contribution in [1.29, 1.82) is 0 Å². The third kappa shape index (κ3) is 1.69. The molecular formula is C5H4ClIN2. The molecule has 1 aromatic heterocycles. The first-order valence-electron chi connectivity index (χ1n) is 2.27. The van der Waals surface area contributed by atoms with Crippen molar-refractivity contribution in [1.82, 2.24) is 4.98 Å². The zero-order chi connectivity index (χ0) is 6.85. The third-order valence-corrected chi connectivity index (χ3v) is 1.76. The van der Waals surface area contributed by atoms with Gasteiger partial charge in [-0.15, -0.1) is 0 Å². The summed E-state index contributed by atoms with van der Waals surface area (Å²) in [6.45, 7) is 0. The molecule has 2 N–H and O–H groups in total. The summed E-state index contributed by atoms with van der Waals surface area (Å²) in [6, 6.07) is 3.53. The van der Waals surface area contributed by atoms with Crippen LogP contribution in [0.1, 0.15) is 0 Å². The lowest BCUT2D eigenvalue weighted by molar-refractivity contribution is 1.28. The number of nitrogens with two attached hydrogens (primary N) is 1. The number of pyridine rings is 1. The van der Waals surface area contributed by atoms with Gasteiger partial charge in [-0.1, -0.05) is 11.6 Å². The van der Waals surface area contributed by atoms with Crippen LogP contribution in [0, 0.1) is 3.70 Å². The average Bonchev–Trinajstić information content (AvgIpc) is 1.80. The quantitative estimate of drug-likeness (QED) is 0.567. The van der Waals surface area contributed by atoms with Crippen LogP contribution in [0.4, 0.5) is 5.82 Å². The number of nitrogen functional groups attached to an aromatic ring is 1. The molecule has 0 fully saturated rings. The van der Waals surface area contributed by atoms with E-state index < -0.39 is 0 Å². The second-order valence-electron chi connectivity index (χ2n) is 1.50. The van der Waals surface area contributed by atoms with Crippen LogP contribution in [-0.4, -0.2) is 4.98 Å². The molecule has 0 aliphatic carbocycles. The van der Waals surface area contributed by atoms with Crippen LogP contribution in [0.3, 0.4) is 0 Å². The zero-order valence-electron chi connectivity index (χ0n) is 4.44. The Kier molecular flexibility index (Phi) is 2.13. The molecule has 0 bridgehead atoms. The number of nitrogens with zero attached hydrogens (tertiary/aromatic N) is 1. The molecule has 0 atom stereocenters. The molecule has 0 aromatic carbocycles. The van der Waals surface area contributed by atoms with Crippen molar-refractivity contribution in [2.24, 2.45) is 0 Å². The Bertz CT molecular complexity index is 226. The number of anilines is 1. The molecule has 0 aliphatic heterocycles. The van der Waals surface area contributed by atoms with Crippen molar-refractivity contribution in [2.45, 2.75) is 0 Å². The van der Waals surface area contributed by atoms with E-state index in [9.17, 15) is 0 Å². The molecule has 0 saturated carbocycles. The van der Waals surface area contributed by atoms with Crippen LogP contribution >= 0.6 is 34.2 Å². The van der Waals surface area contributed by atoms with Crippen LogP contribution < -0.4 is 5.73 Å². The minimum absolute atomic E-state index is 0.392. The van der Waals surface area contributed by atoms with E-state index in [1.165, 1.54) is 0 Å². The van der Waals surface area contributed by atoms with Gasteiger partial charge in [-0.25, -0.2) is 4.98 Å².